The van der Waals surface area contributed by atoms with Crippen LogP contribution in [0.15, 0.2) is 29.3 Å². The average molecular weight is 517 g/mol. The van der Waals surface area contributed by atoms with Gasteiger partial charge in [0, 0.05) is 6.42 Å². The van der Waals surface area contributed by atoms with Crippen LogP contribution in [0.1, 0.15) is 53.5 Å². The zero-order valence-electron chi connectivity index (χ0n) is 23.0. The van der Waals surface area contributed by atoms with Crippen molar-refractivity contribution in [3.63, 3.8) is 0 Å². The summed E-state index contributed by atoms with van der Waals surface area (Å²) in [6, 6.07) is 6.43. The van der Waals surface area contributed by atoms with E-state index in [9.17, 15) is 14.4 Å². The number of carbonyl (C=O) groups is 3. The summed E-state index contributed by atoms with van der Waals surface area (Å²) in [6.45, 7) is 10.5. The van der Waals surface area contributed by atoms with Gasteiger partial charge < -0.3 is 34.8 Å². The number of amides is 2. The SMILES string of the molecule is COC(=O)[C@@H](N)Cc1ccc(OCCCO[N-]/C(=N\C(=O)OC(C)(C)C)NC(=O)OC(C)(C)C)cc1.[Li+]. The van der Waals surface area contributed by atoms with E-state index in [-0.39, 0.29) is 25.5 Å². The summed E-state index contributed by atoms with van der Waals surface area (Å²) in [7, 11) is 1.29. The largest absolute Gasteiger partial charge is 1.00 e. The summed E-state index contributed by atoms with van der Waals surface area (Å²) in [5.74, 6) is -0.248. The number of esters is 1. The molecule has 0 aromatic heterocycles. The monoisotopic (exact) mass is 516 g/mol. The number of carbonyl (C=O) groups excluding carboxylic acids is 3. The van der Waals surface area contributed by atoms with Gasteiger partial charge in [-0.25, -0.2) is 9.59 Å². The van der Waals surface area contributed by atoms with Crippen LogP contribution in [0.5, 0.6) is 5.75 Å². The maximum absolute atomic E-state index is 12.0. The number of nitrogens with one attached hydrogen (secondary N) is 1. The predicted octanol–water partition coefficient (Wildman–Crippen LogP) is 0.623. The molecule has 0 unspecified atom stereocenters. The Morgan fingerprint density at radius 3 is 2.14 bits per heavy atom. The van der Waals surface area contributed by atoms with Gasteiger partial charge >= 0.3 is 37.0 Å². The second kappa shape index (κ2) is 16.1. The third-order valence-corrected chi connectivity index (χ3v) is 3.89. The van der Waals surface area contributed by atoms with Crippen LogP contribution in [0.3, 0.4) is 0 Å². The van der Waals surface area contributed by atoms with E-state index in [4.69, 9.17) is 24.8 Å². The molecular weight excluding hydrogens is 479 g/mol. The summed E-state index contributed by atoms with van der Waals surface area (Å²) in [5, 5.41) is 2.26. The topological polar surface area (TPSA) is 162 Å². The average Bonchev–Trinajstić information content (AvgIpc) is 2.73. The maximum Gasteiger partial charge on any atom is 1.00 e. The fourth-order valence-electron chi connectivity index (χ4n) is 2.47. The summed E-state index contributed by atoms with van der Waals surface area (Å²) < 4.78 is 20.5. The Kier molecular flexibility index (Phi) is 14.9. The first-order valence-electron chi connectivity index (χ1n) is 11.4. The van der Waals surface area contributed by atoms with Crippen molar-refractivity contribution in [2.24, 2.45) is 10.7 Å². The van der Waals surface area contributed by atoms with Gasteiger partial charge in [-0.1, -0.05) is 12.1 Å². The van der Waals surface area contributed by atoms with Crippen molar-refractivity contribution in [3.05, 3.63) is 35.3 Å². The molecule has 0 spiro atoms. The number of hydroxylamine groups is 1. The summed E-state index contributed by atoms with van der Waals surface area (Å²) in [4.78, 5) is 44.2. The number of alkyl carbamates (subject to hydrolysis) is 1. The van der Waals surface area contributed by atoms with Crippen LogP contribution in [0, 0.1) is 0 Å². The van der Waals surface area contributed by atoms with Gasteiger partial charge in [-0.3, -0.25) is 15.3 Å². The van der Waals surface area contributed by atoms with Crippen molar-refractivity contribution in [1.29, 1.82) is 0 Å². The molecule has 3 N–H and O–H groups in total. The Hall–Kier alpha value is -2.78. The number of rotatable bonds is 9. The molecule has 0 saturated heterocycles. The van der Waals surface area contributed by atoms with E-state index in [2.05, 4.69) is 20.5 Å². The molecule has 0 radical (unpaired) electrons. The van der Waals surface area contributed by atoms with Crippen molar-refractivity contribution in [1.82, 2.24) is 5.32 Å². The molecule has 1 atom stereocenters. The molecular formula is C24H37LiN4O8. The van der Waals surface area contributed by atoms with Crippen molar-refractivity contribution >= 4 is 24.1 Å². The predicted molar refractivity (Wildman–Crippen MR) is 133 cm³/mol. The van der Waals surface area contributed by atoms with Gasteiger partial charge in [-0.2, -0.15) is 0 Å². The molecule has 0 fully saturated rings. The smallest absolute Gasteiger partial charge is 0.494 e. The third-order valence-electron chi connectivity index (χ3n) is 3.89. The molecule has 1 rings (SSSR count). The van der Waals surface area contributed by atoms with E-state index in [1.807, 2.05) is 12.1 Å². The van der Waals surface area contributed by atoms with E-state index in [1.54, 1.807) is 53.7 Å². The van der Waals surface area contributed by atoms with Gasteiger partial charge in [0.2, 0.25) is 0 Å². The number of methoxy groups -OCH3 is 1. The number of benzene rings is 1. The molecule has 202 valence electrons. The number of nitrogens with two attached hydrogens (primary N) is 1. The molecule has 0 aliphatic carbocycles. The molecule has 0 aliphatic heterocycles. The molecule has 12 nitrogen and oxygen atoms in total. The standard InChI is InChI=1S/C24H38N4O8.Li/c1-23(2,3)35-21(30)26-20(27-22(31)36-24(4,5)6)28-34-14-8-13-33-17-11-9-16(10-12-17)15-18(25)19(29)32-7;/h9-12,18H,8,13-15,25H2,1-7H3,(H2,26,27,28,30,31);/q;+1/p-1/t18-;/m0./s1. The summed E-state index contributed by atoms with van der Waals surface area (Å²) in [6.07, 6.45) is -0.992. The summed E-state index contributed by atoms with van der Waals surface area (Å²) >= 11 is 0. The molecule has 0 aliphatic rings. The molecule has 13 heteroatoms. The zero-order valence-corrected chi connectivity index (χ0v) is 23.0. The molecule has 37 heavy (non-hydrogen) atoms. The van der Waals surface area contributed by atoms with Gasteiger partial charge in [0.05, 0.1) is 26.3 Å². The number of nitrogens with zero attached hydrogens (tertiary/aromatic N) is 2. The van der Waals surface area contributed by atoms with Crippen molar-refractivity contribution in [2.45, 2.75) is 71.6 Å². The number of hydrogen-bond acceptors (Lipinski definition) is 9. The Morgan fingerprint density at radius 1 is 1.00 bits per heavy atom. The number of aliphatic imine (C=N–C) groups is 1. The number of ether oxygens (including phenoxy) is 4. The van der Waals surface area contributed by atoms with E-state index in [1.165, 1.54) is 7.11 Å². The van der Waals surface area contributed by atoms with Crippen LogP contribution in [-0.4, -0.2) is 61.7 Å². The van der Waals surface area contributed by atoms with E-state index >= 15 is 0 Å². The van der Waals surface area contributed by atoms with Crippen LogP contribution >= 0.6 is 0 Å². The minimum Gasteiger partial charge on any atom is -0.494 e. The van der Waals surface area contributed by atoms with E-state index < -0.39 is 41.4 Å². The quantitative estimate of drug-likeness (QED) is 0.0911. The normalized spacial score (nSPS) is 12.5. The second-order valence-electron chi connectivity index (χ2n) is 9.65. The van der Waals surface area contributed by atoms with Crippen molar-refractivity contribution in [3.8, 4) is 5.75 Å². The number of guanidine groups is 1. The Labute approximate surface area is 230 Å². The Bertz CT molecular complexity index is 895. The van der Waals surface area contributed by atoms with Crippen LogP contribution in [0.25, 0.3) is 5.48 Å². The Morgan fingerprint density at radius 2 is 1.59 bits per heavy atom. The molecule has 0 bridgehead atoms. The van der Waals surface area contributed by atoms with Gasteiger partial charge in [0.15, 0.2) is 0 Å². The molecule has 0 saturated carbocycles. The third kappa shape index (κ3) is 16.6. The fraction of sp³-hybridized carbons (Fsp3) is 0.583. The first-order valence-corrected chi connectivity index (χ1v) is 11.4. The maximum atomic E-state index is 12.0. The van der Waals surface area contributed by atoms with Crippen molar-refractivity contribution in [2.75, 3.05) is 20.3 Å². The van der Waals surface area contributed by atoms with E-state index in [0.717, 1.165) is 5.56 Å². The second-order valence-corrected chi connectivity index (χ2v) is 9.65. The molecule has 1 aromatic rings. The van der Waals surface area contributed by atoms with Gasteiger partial charge in [-0.05, 0) is 65.7 Å². The van der Waals surface area contributed by atoms with Gasteiger partial charge in [-0.15, -0.1) is 0 Å². The molecule has 1 aromatic carbocycles. The first kappa shape index (κ1) is 34.2. The van der Waals surface area contributed by atoms with Crippen molar-refractivity contribution < 1.29 is 57.0 Å². The van der Waals surface area contributed by atoms with Crippen LogP contribution in [-0.2, 0) is 30.3 Å². The number of hydrogen-bond donors (Lipinski definition) is 2. The van der Waals surface area contributed by atoms with E-state index in [0.29, 0.717) is 25.2 Å². The fourth-order valence-corrected chi connectivity index (χ4v) is 2.47. The molecule has 0 heterocycles. The molecule has 2 amide bonds. The van der Waals surface area contributed by atoms with Crippen LogP contribution in [0.2, 0.25) is 0 Å². The summed E-state index contributed by atoms with van der Waals surface area (Å²) in [5.41, 5.74) is 8.80. The first-order chi connectivity index (χ1) is 16.7. The minimum atomic E-state index is -0.944. The van der Waals surface area contributed by atoms with Gasteiger partial charge in [0.25, 0.3) is 0 Å². The minimum absolute atomic E-state index is 0. The van der Waals surface area contributed by atoms with Gasteiger partial charge in [0.1, 0.15) is 23.0 Å². The zero-order chi connectivity index (χ0) is 27.4. The Balaban J connectivity index is 0.0000130. The van der Waals surface area contributed by atoms with Crippen LogP contribution < -0.4 is 34.6 Å². The van der Waals surface area contributed by atoms with Crippen LogP contribution in [0.4, 0.5) is 9.59 Å².